The van der Waals surface area contributed by atoms with E-state index in [0.29, 0.717) is 16.8 Å². The number of anilines is 1. The second-order valence-electron chi connectivity index (χ2n) is 3.32. The zero-order chi connectivity index (χ0) is 10.8. The van der Waals surface area contributed by atoms with Crippen LogP contribution in [0.2, 0.25) is 0 Å². The van der Waals surface area contributed by atoms with Crippen molar-refractivity contribution in [3.63, 3.8) is 0 Å². The molecule has 0 bridgehead atoms. The number of rotatable bonds is 1. The number of aromatic nitrogens is 2. The molecule has 0 radical (unpaired) electrons. The Balaban J connectivity index is 2.59. The average Bonchev–Trinajstić information content (AvgIpc) is 2.25. The number of halogens is 1. The van der Waals surface area contributed by atoms with Gasteiger partial charge in [0.2, 0.25) is 0 Å². The lowest BCUT2D eigenvalue weighted by atomic mass is 10.0. The van der Waals surface area contributed by atoms with Gasteiger partial charge in [0.25, 0.3) is 0 Å². The normalized spacial score (nSPS) is 10.3. The molecule has 0 aliphatic heterocycles. The quantitative estimate of drug-likeness (QED) is 0.722. The van der Waals surface area contributed by atoms with E-state index in [-0.39, 0.29) is 5.82 Å². The monoisotopic (exact) mass is 203 g/mol. The summed E-state index contributed by atoms with van der Waals surface area (Å²) in [5, 5.41) is 0. The van der Waals surface area contributed by atoms with Crippen LogP contribution in [0.3, 0.4) is 0 Å². The number of aryl methyl sites for hydroxylation is 1. The summed E-state index contributed by atoms with van der Waals surface area (Å²) in [7, 11) is 0. The fourth-order valence-corrected chi connectivity index (χ4v) is 1.35. The second kappa shape index (κ2) is 3.65. The van der Waals surface area contributed by atoms with Crippen molar-refractivity contribution in [2.24, 2.45) is 0 Å². The molecule has 2 rings (SSSR count). The molecule has 76 valence electrons. The number of benzene rings is 1. The second-order valence-corrected chi connectivity index (χ2v) is 3.32. The molecule has 4 heteroatoms. The summed E-state index contributed by atoms with van der Waals surface area (Å²) in [6, 6.07) is 3.01. The molecule has 0 aliphatic carbocycles. The first-order valence-corrected chi connectivity index (χ1v) is 4.49. The van der Waals surface area contributed by atoms with Gasteiger partial charge in [0.15, 0.2) is 0 Å². The summed E-state index contributed by atoms with van der Waals surface area (Å²) in [6.07, 6.45) is 4.51. The molecule has 0 amide bonds. The summed E-state index contributed by atoms with van der Waals surface area (Å²) in [5.41, 5.74) is 8.07. The van der Waals surface area contributed by atoms with Crippen LogP contribution < -0.4 is 5.73 Å². The van der Waals surface area contributed by atoms with E-state index in [9.17, 15) is 4.39 Å². The van der Waals surface area contributed by atoms with Gasteiger partial charge < -0.3 is 5.73 Å². The molecule has 2 N–H and O–H groups in total. The minimum atomic E-state index is -0.309. The molecule has 15 heavy (non-hydrogen) atoms. The topological polar surface area (TPSA) is 51.8 Å². The predicted octanol–water partition coefficient (Wildman–Crippen LogP) is 2.17. The van der Waals surface area contributed by atoms with Crippen molar-refractivity contribution < 1.29 is 4.39 Å². The number of hydrogen-bond donors (Lipinski definition) is 1. The van der Waals surface area contributed by atoms with Gasteiger partial charge in [0, 0.05) is 29.2 Å². The van der Waals surface area contributed by atoms with E-state index in [4.69, 9.17) is 5.73 Å². The molecule has 1 aromatic heterocycles. The molecule has 0 unspecified atom stereocenters. The molecular formula is C11H10FN3. The van der Waals surface area contributed by atoms with Crippen molar-refractivity contribution in [2.45, 2.75) is 6.92 Å². The van der Waals surface area contributed by atoms with Crippen molar-refractivity contribution in [3.05, 3.63) is 42.2 Å². The Hall–Kier alpha value is -1.97. The maximum atomic E-state index is 13.6. The zero-order valence-electron chi connectivity index (χ0n) is 8.24. The lowest BCUT2D eigenvalue weighted by molar-refractivity contribution is 0.630. The Morgan fingerprint density at radius 3 is 2.53 bits per heavy atom. The van der Waals surface area contributed by atoms with E-state index in [1.165, 1.54) is 12.4 Å². The number of nitrogen functional groups attached to an aromatic ring is 1. The number of nitrogens with two attached hydrogens (primary N) is 1. The molecule has 0 atom stereocenters. The largest absolute Gasteiger partial charge is 0.398 e. The number of nitrogens with zero attached hydrogens (tertiary/aromatic N) is 2. The first kappa shape index (κ1) is 9.58. The summed E-state index contributed by atoms with van der Waals surface area (Å²) in [5.74, 6) is -0.309. The van der Waals surface area contributed by atoms with Crippen LogP contribution in [-0.4, -0.2) is 9.97 Å². The third kappa shape index (κ3) is 1.79. The van der Waals surface area contributed by atoms with Crippen LogP contribution in [0, 0.1) is 12.7 Å². The first-order chi connectivity index (χ1) is 7.18. The maximum Gasteiger partial charge on any atom is 0.131 e. The number of hydrogen-bond acceptors (Lipinski definition) is 3. The van der Waals surface area contributed by atoms with Crippen LogP contribution in [0.25, 0.3) is 11.1 Å². The maximum absolute atomic E-state index is 13.6. The Labute approximate surface area is 86.8 Å². The molecule has 1 heterocycles. The van der Waals surface area contributed by atoms with Gasteiger partial charge in [-0.3, -0.25) is 0 Å². The van der Waals surface area contributed by atoms with Gasteiger partial charge in [-0.05, 0) is 24.6 Å². The van der Waals surface area contributed by atoms with Crippen LogP contribution in [0.5, 0.6) is 0 Å². The summed E-state index contributed by atoms with van der Waals surface area (Å²) in [4.78, 5) is 7.67. The van der Waals surface area contributed by atoms with E-state index in [1.54, 1.807) is 25.4 Å². The van der Waals surface area contributed by atoms with Crippen LogP contribution >= 0.6 is 0 Å². The van der Waals surface area contributed by atoms with Crippen molar-refractivity contribution in [1.29, 1.82) is 0 Å². The Bertz CT molecular complexity index is 483. The van der Waals surface area contributed by atoms with E-state index in [1.807, 2.05) is 0 Å². The molecule has 0 saturated carbocycles. The standard InChI is InChI=1S/C11H10FN3/c1-7-2-10(12)9(3-11(7)13)8-4-14-6-15-5-8/h2-6H,13H2,1H3. The lowest BCUT2D eigenvalue weighted by Crippen LogP contribution is -1.94. The van der Waals surface area contributed by atoms with Crippen LogP contribution in [0.15, 0.2) is 30.9 Å². The fraction of sp³-hybridized carbons (Fsp3) is 0.0909. The highest BCUT2D eigenvalue weighted by molar-refractivity contribution is 5.68. The Morgan fingerprint density at radius 1 is 1.20 bits per heavy atom. The van der Waals surface area contributed by atoms with Gasteiger partial charge in [-0.1, -0.05) is 0 Å². The van der Waals surface area contributed by atoms with E-state index in [2.05, 4.69) is 9.97 Å². The molecule has 0 aliphatic rings. The van der Waals surface area contributed by atoms with Crippen molar-refractivity contribution >= 4 is 5.69 Å². The molecule has 0 spiro atoms. The Kier molecular flexibility index (Phi) is 2.33. The lowest BCUT2D eigenvalue weighted by Gasteiger charge is -2.06. The van der Waals surface area contributed by atoms with Crippen LogP contribution in [0.4, 0.5) is 10.1 Å². The van der Waals surface area contributed by atoms with Gasteiger partial charge in [0.1, 0.15) is 12.1 Å². The van der Waals surface area contributed by atoms with Gasteiger partial charge in [0.05, 0.1) is 0 Å². The van der Waals surface area contributed by atoms with Gasteiger partial charge in [-0.2, -0.15) is 0 Å². The van der Waals surface area contributed by atoms with Crippen molar-refractivity contribution in [1.82, 2.24) is 9.97 Å². The van der Waals surface area contributed by atoms with Gasteiger partial charge >= 0.3 is 0 Å². The van der Waals surface area contributed by atoms with Crippen LogP contribution in [0.1, 0.15) is 5.56 Å². The third-order valence-corrected chi connectivity index (χ3v) is 2.23. The molecular weight excluding hydrogens is 193 g/mol. The van der Waals surface area contributed by atoms with Gasteiger partial charge in [-0.25, -0.2) is 14.4 Å². The minimum Gasteiger partial charge on any atom is -0.398 e. The van der Waals surface area contributed by atoms with Crippen molar-refractivity contribution in [2.75, 3.05) is 5.73 Å². The summed E-state index contributed by atoms with van der Waals surface area (Å²) in [6.45, 7) is 1.77. The van der Waals surface area contributed by atoms with Crippen LogP contribution in [-0.2, 0) is 0 Å². The minimum absolute atomic E-state index is 0.309. The SMILES string of the molecule is Cc1cc(F)c(-c2cncnc2)cc1N. The fourth-order valence-electron chi connectivity index (χ4n) is 1.35. The molecule has 0 fully saturated rings. The molecule has 2 aromatic rings. The molecule has 3 nitrogen and oxygen atoms in total. The van der Waals surface area contributed by atoms with Gasteiger partial charge in [-0.15, -0.1) is 0 Å². The molecule has 0 saturated heterocycles. The van der Waals surface area contributed by atoms with Crippen molar-refractivity contribution in [3.8, 4) is 11.1 Å². The molecule has 1 aromatic carbocycles. The summed E-state index contributed by atoms with van der Waals surface area (Å²) >= 11 is 0. The average molecular weight is 203 g/mol. The first-order valence-electron chi connectivity index (χ1n) is 4.49. The van der Waals surface area contributed by atoms with E-state index in [0.717, 1.165) is 5.56 Å². The highest BCUT2D eigenvalue weighted by Gasteiger charge is 2.07. The predicted molar refractivity (Wildman–Crippen MR) is 56.6 cm³/mol. The highest BCUT2D eigenvalue weighted by atomic mass is 19.1. The Morgan fingerprint density at radius 2 is 1.87 bits per heavy atom. The third-order valence-electron chi connectivity index (χ3n) is 2.23. The summed E-state index contributed by atoms with van der Waals surface area (Å²) < 4.78 is 13.6. The van der Waals surface area contributed by atoms with E-state index >= 15 is 0 Å². The smallest absolute Gasteiger partial charge is 0.131 e. The van der Waals surface area contributed by atoms with E-state index < -0.39 is 0 Å². The zero-order valence-corrected chi connectivity index (χ0v) is 8.24. The highest BCUT2D eigenvalue weighted by Crippen LogP contribution is 2.25.